The van der Waals surface area contributed by atoms with Gasteiger partial charge < -0.3 is 10.6 Å². The fourth-order valence-corrected chi connectivity index (χ4v) is 3.49. The van der Waals surface area contributed by atoms with E-state index in [1.807, 2.05) is 42.5 Å². The monoisotopic (exact) mass is 413 g/mol. The highest BCUT2D eigenvalue weighted by atomic mass is 32.1. The summed E-state index contributed by atoms with van der Waals surface area (Å²) in [5, 5.41) is 17.9. The molecule has 3 aromatic carbocycles. The molecule has 2 N–H and O–H groups in total. The van der Waals surface area contributed by atoms with Gasteiger partial charge in [0.05, 0.1) is 0 Å². The van der Waals surface area contributed by atoms with Gasteiger partial charge in [-0.15, -0.1) is 0 Å². The van der Waals surface area contributed by atoms with E-state index in [1.54, 1.807) is 12.1 Å². The molecule has 0 fully saturated rings. The van der Waals surface area contributed by atoms with Crippen LogP contribution in [0.15, 0.2) is 72.4 Å². The number of fused-ring (bicyclic) bond motifs is 1. The van der Waals surface area contributed by atoms with Crippen LogP contribution in [0.5, 0.6) is 0 Å². The number of para-hydroxylation sites is 1. The molecule has 0 aliphatic carbocycles. The number of rotatable bonds is 6. The van der Waals surface area contributed by atoms with Crippen molar-refractivity contribution in [2.75, 3.05) is 5.32 Å². The van der Waals surface area contributed by atoms with Gasteiger partial charge in [-0.2, -0.15) is 5.26 Å². The van der Waals surface area contributed by atoms with Crippen LogP contribution in [0.3, 0.4) is 0 Å². The average Bonchev–Trinajstić information content (AvgIpc) is 2.79. The summed E-state index contributed by atoms with van der Waals surface area (Å²) in [7, 11) is 0. The maximum Gasteiger partial charge on any atom is 0.205 e. The third kappa shape index (κ3) is 4.73. The van der Waals surface area contributed by atoms with E-state index in [0.29, 0.717) is 10.7 Å². The van der Waals surface area contributed by atoms with Gasteiger partial charge in [-0.25, -0.2) is 0 Å². The predicted octanol–water partition coefficient (Wildman–Crippen LogP) is 5.54. The molecule has 0 unspecified atom stereocenters. The van der Waals surface area contributed by atoms with Gasteiger partial charge in [0.25, 0.3) is 0 Å². The maximum absolute atomic E-state index is 12.8. The fraction of sp³-hybridized carbons (Fsp3) is 0.160. The Kier molecular flexibility index (Phi) is 6.95. The Morgan fingerprint density at radius 1 is 1.00 bits per heavy atom. The maximum atomic E-state index is 12.8. The molecule has 4 nitrogen and oxygen atoms in total. The Hall–Kier alpha value is -3.49. The Labute approximate surface area is 182 Å². The summed E-state index contributed by atoms with van der Waals surface area (Å²) in [6, 6.07) is 21.3. The Morgan fingerprint density at radius 2 is 1.67 bits per heavy atom. The lowest BCUT2D eigenvalue weighted by Crippen LogP contribution is -2.26. The standard InChI is InChI=1S/C25H23N3OS/c1-3-17-10-7-11-18(4-2)23(17)28-25(30)27-16-22(15-26)24(29)21-13-12-19-8-5-6-9-20(19)14-21/h5-14,16H,3-4H2,1-2H3,(H2,27,28,30)/b22-16-. The summed E-state index contributed by atoms with van der Waals surface area (Å²) < 4.78 is 0. The van der Waals surface area contributed by atoms with E-state index in [4.69, 9.17) is 12.2 Å². The number of hydrogen-bond acceptors (Lipinski definition) is 3. The van der Waals surface area contributed by atoms with Gasteiger partial charge in [0, 0.05) is 17.5 Å². The van der Waals surface area contributed by atoms with E-state index in [2.05, 4.69) is 36.6 Å². The largest absolute Gasteiger partial charge is 0.338 e. The first-order valence-electron chi connectivity index (χ1n) is 9.89. The third-order valence-electron chi connectivity index (χ3n) is 4.96. The smallest absolute Gasteiger partial charge is 0.205 e. The molecular formula is C25H23N3OS. The summed E-state index contributed by atoms with van der Waals surface area (Å²) in [4.78, 5) is 12.8. The first-order valence-corrected chi connectivity index (χ1v) is 10.3. The Bertz CT molecular complexity index is 1150. The number of nitrogens with zero attached hydrogens (tertiary/aromatic N) is 1. The molecule has 3 rings (SSSR count). The number of aryl methyl sites for hydroxylation is 2. The number of carbonyl (C=O) groups is 1. The van der Waals surface area contributed by atoms with E-state index in [9.17, 15) is 10.1 Å². The first kappa shape index (κ1) is 21.2. The van der Waals surface area contributed by atoms with Crippen LogP contribution in [0.4, 0.5) is 5.69 Å². The topological polar surface area (TPSA) is 64.9 Å². The quantitative estimate of drug-likeness (QED) is 0.240. The predicted molar refractivity (Wildman–Crippen MR) is 127 cm³/mol. The molecule has 0 saturated carbocycles. The molecule has 0 radical (unpaired) electrons. The number of hydrogen-bond donors (Lipinski definition) is 2. The molecule has 0 amide bonds. The van der Waals surface area contributed by atoms with Crippen molar-refractivity contribution in [1.29, 1.82) is 5.26 Å². The minimum atomic E-state index is -0.346. The molecule has 0 spiro atoms. The van der Waals surface area contributed by atoms with Crippen molar-refractivity contribution in [3.63, 3.8) is 0 Å². The molecule has 3 aromatic rings. The molecule has 0 aromatic heterocycles. The van der Waals surface area contributed by atoms with Crippen LogP contribution < -0.4 is 10.6 Å². The average molecular weight is 414 g/mol. The summed E-state index contributed by atoms with van der Waals surface area (Å²) in [6.45, 7) is 4.18. The Morgan fingerprint density at radius 3 is 2.30 bits per heavy atom. The highest BCUT2D eigenvalue weighted by Crippen LogP contribution is 2.22. The van der Waals surface area contributed by atoms with Crippen molar-refractivity contribution in [2.24, 2.45) is 0 Å². The lowest BCUT2D eigenvalue weighted by molar-refractivity contribution is 0.103. The first-order chi connectivity index (χ1) is 14.6. The molecular weight excluding hydrogens is 390 g/mol. The number of thiocarbonyl (C=S) groups is 1. The molecule has 150 valence electrons. The Balaban J connectivity index is 1.77. The van der Waals surface area contributed by atoms with Crippen LogP contribution >= 0.6 is 12.2 Å². The molecule has 0 aliphatic heterocycles. The van der Waals surface area contributed by atoms with Crippen LogP contribution in [-0.2, 0) is 12.8 Å². The zero-order valence-electron chi connectivity index (χ0n) is 17.0. The molecule has 0 atom stereocenters. The van der Waals surface area contributed by atoms with Gasteiger partial charge in [-0.3, -0.25) is 4.79 Å². The minimum absolute atomic E-state index is 0.00563. The van der Waals surface area contributed by atoms with Crippen molar-refractivity contribution >= 4 is 39.6 Å². The van der Waals surface area contributed by atoms with Gasteiger partial charge in [0.2, 0.25) is 5.78 Å². The summed E-state index contributed by atoms with van der Waals surface area (Å²) in [6.07, 6.45) is 3.12. The van der Waals surface area contributed by atoms with Crippen LogP contribution in [0.25, 0.3) is 10.8 Å². The molecule has 0 saturated heterocycles. The molecule has 30 heavy (non-hydrogen) atoms. The lowest BCUT2D eigenvalue weighted by Gasteiger charge is -2.16. The number of benzene rings is 3. The van der Waals surface area contributed by atoms with Crippen molar-refractivity contribution in [3.05, 3.63) is 89.1 Å². The van der Waals surface area contributed by atoms with Gasteiger partial charge >= 0.3 is 0 Å². The van der Waals surface area contributed by atoms with E-state index in [0.717, 1.165) is 40.4 Å². The summed E-state index contributed by atoms with van der Waals surface area (Å²) in [5.74, 6) is -0.346. The summed E-state index contributed by atoms with van der Waals surface area (Å²) >= 11 is 5.40. The summed E-state index contributed by atoms with van der Waals surface area (Å²) in [5.41, 5.74) is 3.76. The number of nitrogens with one attached hydrogen (secondary N) is 2. The SMILES string of the molecule is CCc1cccc(CC)c1NC(=S)N/C=C(/C#N)C(=O)c1ccc2ccccc2c1. The van der Waals surface area contributed by atoms with Crippen molar-refractivity contribution in [3.8, 4) is 6.07 Å². The van der Waals surface area contributed by atoms with E-state index < -0.39 is 0 Å². The number of ketones is 1. The van der Waals surface area contributed by atoms with Gasteiger partial charge in [0.15, 0.2) is 5.11 Å². The van der Waals surface area contributed by atoms with Gasteiger partial charge in [-0.05, 0) is 53.0 Å². The number of Topliss-reactive ketones (excluding diaryl/α,β-unsaturated/α-hetero) is 1. The number of anilines is 1. The second-order valence-electron chi connectivity index (χ2n) is 6.82. The van der Waals surface area contributed by atoms with Crippen LogP contribution in [-0.4, -0.2) is 10.9 Å². The van der Waals surface area contributed by atoms with Crippen LogP contribution in [0.1, 0.15) is 35.3 Å². The number of allylic oxidation sites excluding steroid dienone is 1. The minimum Gasteiger partial charge on any atom is -0.338 e. The number of carbonyl (C=O) groups excluding carboxylic acids is 1. The highest BCUT2D eigenvalue weighted by Gasteiger charge is 2.13. The second-order valence-corrected chi connectivity index (χ2v) is 7.23. The molecule has 0 heterocycles. The van der Waals surface area contributed by atoms with E-state index >= 15 is 0 Å². The van der Waals surface area contributed by atoms with Gasteiger partial charge in [0.1, 0.15) is 11.6 Å². The molecule has 0 bridgehead atoms. The second kappa shape index (κ2) is 9.82. The third-order valence-corrected chi connectivity index (χ3v) is 5.18. The fourth-order valence-electron chi connectivity index (χ4n) is 3.33. The molecule has 5 heteroatoms. The van der Waals surface area contributed by atoms with E-state index in [1.165, 1.54) is 6.20 Å². The van der Waals surface area contributed by atoms with Crippen LogP contribution in [0, 0.1) is 11.3 Å². The van der Waals surface area contributed by atoms with Crippen molar-refractivity contribution < 1.29 is 4.79 Å². The lowest BCUT2D eigenvalue weighted by atomic mass is 10.0. The zero-order chi connectivity index (χ0) is 21.5. The van der Waals surface area contributed by atoms with E-state index in [-0.39, 0.29) is 11.4 Å². The van der Waals surface area contributed by atoms with Crippen molar-refractivity contribution in [1.82, 2.24) is 5.32 Å². The normalized spacial score (nSPS) is 11.0. The van der Waals surface area contributed by atoms with Crippen LogP contribution in [0.2, 0.25) is 0 Å². The zero-order valence-corrected chi connectivity index (χ0v) is 17.8. The highest BCUT2D eigenvalue weighted by molar-refractivity contribution is 7.80. The number of nitriles is 1. The molecule has 0 aliphatic rings. The van der Waals surface area contributed by atoms with Gasteiger partial charge in [-0.1, -0.05) is 68.4 Å². The van der Waals surface area contributed by atoms with Crippen molar-refractivity contribution in [2.45, 2.75) is 26.7 Å².